The topological polar surface area (TPSA) is 78.9 Å². The van der Waals surface area contributed by atoms with Gasteiger partial charge in [0.15, 0.2) is 8.32 Å². The summed E-state index contributed by atoms with van der Waals surface area (Å²) in [4.78, 5) is 24.7. The van der Waals surface area contributed by atoms with E-state index < -0.39 is 26.4 Å². The van der Waals surface area contributed by atoms with Crippen molar-refractivity contribution in [1.82, 2.24) is 10.2 Å². The van der Waals surface area contributed by atoms with Gasteiger partial charge in [0, 0.05) is 19.6 Å². The molecule has 0 fully saturated rings. The molecule has 2 amide bonds. The van der Waals surface area contributed by atoms with Crippen molar-refractivity contribution in [3.63, 3.8) is 0 Å². The number of likely N-dealkylation sites (N-methyl/N-ethyl adjacent to an activating group) is 1. The fourth-order valence-electron chi connectivity index (χ4n) is 1.79. The highest BCUT2D eigenvalue weighted by atomic mass is 28.4. The molecule has 0 heterocycles. The molecule has 0 rings (SSSR count). The fraction of sp³-hybridized carbons (Fsp3) is 0.875. The average Bonchev–Trinajstić information content (AvgIpc) is 2.34. The molecule has 7 heteroatoms. The highest BCUT2D eigenvalue weighted by Crippen LogP contribution is 2.38. The van der Waals surface area contributed by atoms with Gasteiger partial charge in [-0.2, -0.15) is 0 Å². The SMILES string of the molecule is CC(C)NC(=O)C(C)C(CN(C)C(=O)O)O[Si](C)(C)C(C)(C)C. The summed E-state index contributed by atoms with van der Waals surface area (Å²) in [6.45, 7) is 16.3. The molecule has 0 aromatic carbocycles. The van der Waals surface area contributed by atoms with Crippen LogP contribution in [0.4, 0.5) is 4.79 Å². The summed E-state index contributed by atoms with van der Waals surface area (Å²) in [5.41, 5.74) is 0. The smallest absolute Gasteiger partial charge is 0.407 e. The van der Waals surface area contributed by atoms with Crippen molar-refractivity contribution in [3.05, 3.63) is 0 Å². The van der Waals surface area contributed by atoms with Crippen LogP contribution in [-0.2, 0) is 9.22 Å². The van der Waals surface area contributed by atoms with Gasteiger partial charge in [0.1, 0.15) is 0 Å². The maximum absolute atomic E-state index is 12.3. The van der Waals surface area contributed by atoms with Crippen molar-refractivity contribution in [1.29, 1.82) is 0 Å². The predicted molar refractivity (Wildman–Crippen MR) is 95.2 cm³/mol. The molecular weight excluding hydrogens is 312 g/mol. The molecule has 23 heavy (non-hydrogen) atoms. The molecule has 0 bridgehead atoms. The lowest BCUT2D eigenvalue weighted by Crippen LogP contribution is -2.52. The van der Waals surface area contributed by atoms with Gasteiger partial charge >= 0.3 is 6.09 Å². The largest absolute Gasteiger partial charge is 0.465 e. The number of hydrogen-bond acceptors (Lipinski definition) is 3. The van der Waals surface area contributed by atoms with Crippen LogP contribution in [0.3, 0.4) is 0 Å². The predicted octanol–water partition coefficient (Wildman–Crippen LogP) is 3.15. The second-order valence-electron chi connectivity index (χ2n) is 8.03. The molecule has 0 aliphatic heterocycles. The number of rotatable bonds is 7. The first-order chi connectivity index (χ1) is 10.2. The maximum atomic E-state index is 12.3. The standard InChI is InChI=1S/C16H34N2O4Si/c1-11(2)17-14(19)12(3)13(10-18(7)15(20)21)22-23(8,9)16(4,5)6/h11-13H,10H2,1-9H3,(H,17,19)(H,20,21). The van der Waals surface area contributed by atoms with Crippen LogP contribution in [-0.4, -0.2) is 56.1 Å². The number of amides is 2. The first-order valence-electron chi connectivity index (χ1n) is 8.11. The summed E-state index contributed by atoms with van der Waals surface area (Å²) >= 11 is 0. The van der Waals surface area contributed by atoms with Gasteiger partial charge < -0.3 is 19.7 Å². The van der Waals surface area contributed by atoms with E-state index in [2.05, 4.69) is 39.2 Å². The molecule has 0 aromatic heterocycles. The first kappa shape index (κ1) is 21.9. The van der Waals surface area contributed by atoms with E-state index in [4.69, 9.17) is 9.53 Å². The molecule has 2 atom stereocenters. The zero-order chi connectivity index (χ0) is 18.6. The Hall–Kier alpha value is -1.08. The third-order valence-electron chi connectivity index (χ3n) is 4.43. The fourth-order valence-corrected chi connectivity index (χ4v) is 3.17. The van der Waals surface area contributed by atoms with E-state index in [1.165, 1.54) is 11.9 Å². The van der Waals surface area contributed by atoms with Crippen molar-refractivity contribution in [2.24, 2.45) is 5.92 Å². The third kappa shape index (κ3) is 6.91. The van der Waals surface area contributed by atoms with E-state index in [9.17, 15) is 9.59 Å². The van der Waals surface area contributed by atoms with Crippen LogP contribution >= 0.6 is 0 Å². The third-order valence-corrected chi connectivity index (χ3v) is 8.94. The van der Waals surface area contributed by atoms with E-state index in [0.717, 1.165) is 0 Å². The molecular formula is C16H34N2O4Si. The first-order valence-corrected chi connectivity index (χ1v) is 11.0. The van der Waals surface area contributed by atoms with Crippen LogP contribution in [0, 0.1) is 5.92 Å². The van der Waals surface area contributed by atoms with Crippen molar-refractivity contribution < 1.29 is 19.1 Å². The average molecular weight is 347 g/mol. The molecule has 2 unspecified atom stereocenters. The monoisotopic (exact) mass is 346 g/mol. The Kier molecular flexibility index (Phi) is 7.76. The number of carbonyl (C=O) groups excluding carboxylic acids is 1. The Morgan fingerprint density at radius 2 is 1.70 bits per heavy atom. The van der Waals surface area contributed by atoms with Gasteiger partial charge in [-0.1, -0.05) is 27.7 Å². The van der Waals surface area contributed by atoms with Crippen LogP contribution < -0.4 is 5.32 Å². The van der Waals surface area contributed by atoms with Crippen molar-refractivity contribution in [2.75, 3.05) is 13.6 Å². The van der Waals surface area contributed by atoms with Gasteiger partial charge in [0.2, 0.25) is 5.91 Å². The normalized spacial score (nSPS) is 15.2. The maximum Gasteiger partial charge on any atom is 0.407 e. The molecule has 6 nitrogen and oxygen atoms in total. The van der Waals surface area contributed by atoms with Crippen LogP contribution in [0.5, 0.6) is 0 Å². The van der Waals surface area contributed by atoms with Crippen LogP contribution in [0.25, 0.3) is 0 Å². The number of nitrogens with one attached hydrogen (secondary N) is 1. The van der Waals surface area contributed by atoms with E-state index in [-0.39, 0.29) is 23.5 Å². The van der Waals surface area contributed by atoms with Gasteiger partial charge in [0.05, 0.1) is 12.0 Å². The van der Waals surface area contributed by atoms with Crippen LogP contribution in [0.1, 0.15) is 41.5 Å². The van der Waals surface area contributed by atoms with Gasteiger partial charge in [-0.3, -0.25) is 4.79 Å². The minimum absolute atomic E-state index is 0.0126. The Labute approximate surface area is 141 Å². The van der Waals surface area contributed by atoms with Crippen LogP contribution in [0.2, 0.25) is 18.1 Å². The second kappa shape index (κ2) is 8.15. The highest BCUT2D eigenvalue weighted by molar-refractivity contribution is 6.74. The van der Waals surface area contributed by atoms with Crippen molar-refractivity contribution in [3.8, 4) is 0 Å². The number of nitrogens with zero attached hydrogens (tertiary/aromatic N) is 1. The molecule has 2 N–H and O–H groups in total. The summed E-state index contributed by atoms with van der Waals surface area (Å²) < 4.78 is 6.36. The van der Waals surface area contributed by atoms with E-state index in [0.29, 0.717) is 0 Å². The molecule has 0 spiro atoms. The van der Waals surface area contributed by atoms with Crippen LogP contribution in [0.15, 0.2) is 0 Å². The van der Waals surface area contributed by atoms with E-state index >= 15 is 0 Å². The van der Waals surface area contributed by atoms with Crippen molar-refractivity contribution in [2.45, 2.75) is 71.8 Å². The van der Waals surface area contributed by atoms with E-state index in [1.807, 2.05) is 13.8 Å². The molecule has 0 saturated heterocycles. The molecule has 0 radical (unpaired) electrons. The lowest BCUT2D eigenvalue weighted by atomic mass is 10.0. The Morgan fingerprint density at radius 1 is 1.22 bits per heavy atom. The molecule has 0 aliphatic carbocycles. The van der Waals surface area contributed by atoms with Crippen molar-refractivity contribution >= 4 is 20.3 Å². The number of carboxylic acid groups (broad SMARTS) is 1. The Bertz CT molecular complexity index is 419. The Morgan fingerprint density at radius 3 is 2.04 bits per heavy atom. The molecule has 0 aromatic rings. The summed E-state index contributed by atoms with van der Waals surface area (Å²) in [6, 6.07) is 0.0377. The van der Waals surface area contributed by atoms with E-state index in [1.54, 1.807) is 6.92 Å². The second-order valence-corrected chi connectivity index (χ2v) is 12.8. The lowest BCUT2D eigenvalue weighted by Gasteiger charge is -2.41. The summed E-state index contributed by atoms with van der Waals surface area (Å²) in [5, 5.41) is 12.0. The zero-order valence-corrected chi connectivity index (χ0v) is 17.1. The molecule has 0 aliphatic rings. The molecule has 136 valence electrons. The summed E-state index contributed by atoms with van der Waals surface area (Å²) in [5.74, 6) is -0.532. The quantitative estimate of drug-likeness (QED) is 0.694. The lowest BCUT2D eigenvalue weighted by molar-refractivity contribution is -0.128. The number of carbonyl (C=O) groups is 2. The minimum atomic E-state index is -2.12. The summed E-state index contributed by atoms with van der Waals surface area (Å²) in [6.07, 6.45) is -1.49. The minimum Gasteiger partial charge on any atom is -0.465 e. The van der Waals surface area contributed by atoms with Gasteiger partial charge in [0.25, 0.3) is 0 Å². The van der Waals surface area contributed by atoms with Gasteiger partial charge in [-0.05, 0) is 32.0 Å². The Balaban J connectivity index is 5.31. The molecule has 0 saturated carbocycles. The number of hydrogen-bond donors (Lipinski definition) is 2. The van der Waals surface area contributed by atoms with Gasteiger partial charge in [-0.15, -0.1) is 0 Å². The van der Waals surface area contributed by atoms with Gasteiger partial charge in [-0.25, -0.2) is 4.79 Å². The summed E-state index contributed by atoms with van der Waals surface area (Å²) in [7, 11) is -0.620. The zero-order valence-electron chi connectivity index (χ0n) is 16.1. The highest BCUT2D eigenvalue weighted by Gasteiger charge is 2.41.